The number of nitrogens with zero attached hydrogens (tertiary/aromatic N) is 1. The van der Waals surface area contributed by atoms with Crippen molar-refractivity contribution < 1.29 is 13.2 Å². The third-order valence-corrected chi connectivity index (χ3v) is 7.63. The van der Waals surface area contributed by atoms with Crippen molar-refractivity contribution >= 4 is 32.5 Å². The second-order valence-corrected chi connectivity index (χ2v) is 9.79. The Balaban J connectivity index is 1.46. The van der Waals surface area contributed by atoms with Gasteiger partial charge in [-0.25, -0.2) is 8.42 Å². The zero-order valence-corrected chi connectivity index (χ0v) is 18.0. The monoisotopic (exact) mass is 425 g/mol. The first-order valence-electron chi connectivity index (χ1n) is 10.4. The van der Waals surface area contributed by atoms with Crippen molar-refractivity contribution in [2.45, 2.75) is 43.9 Å². The van der Waals surface area contributed by atoms with Crippen LogP contribution in [0.2, 0.25) is 0 Å². The highest BCUT2D eigenvalue weighted by Crippen LogP contribution is 2.26. The van der Waals surface area contributed by atoms with Crippen molar-refractivity contribution in [3.63, 3.8) is 0 Å². The minimum Gasteiger partial charge on any atom is -0.361 e. The number of aromatic nitrogens is 1. The molecule has 1 amide bonds. The molecule has 0 saturated carbocycles. The van der Waals surface area contributed by atoms with Crippen LogP contribution in [-0.4, -0.2) is 36.7 Å². The van der Waals surface area contributed by atoms with Gasteiger partial charge in [-0.05, 0) is 55.5 Å². The minimum absolute atomic E-state index is 0.129. The van der Waals surface area contributed by atoms with Crippen LogP contribution in [0.4, 0.5) is 5.69 Å². The van der Waals surface area contributed by atoms with Crippen molar-refractivity contribution in [1.82, 2.24) is 9.29 Å². The van der Waals surface area contributed by atoms with E-state index in [1.807, 2.05) is 37.4 Å². The molecule has 0 bridgehead atoms. The maximum atomic E-state index is 13.0. The summed E-state index contributed by atoms with van der Waals surface area (Å²) in [5, 5.41) is 4.03. The maximum Gasteiger partial charge on any atom is 0.243 e. The lowest BCUT2D eigenvalue weighted by Crippen LogP contribution is -2.35. The van der Waals surface area contributed by atoms with Crippen LogP contribution in [-0.2, 0) is 21.2 Å². The number of nitrogens with one attached hydrogen (secondary N) is 2. The highest BCUT2D eigenvalue weighted by molar-refractivity contribution is 7.89. The van der Waals surface area contributed by atoms with Gasteiger partial charge in [0.25, 0.3) is 0 Å². The summed E-state index contributed by atoms with van der Waals surface area (Å²) in [5.74, 6) is -0.129. The lowest BCUT2D eigenvalue weighted by atomic mass is 10.1. The summed E-state index contributed by atoms with van der Waals surface area (Å²) in [4.78, 5) is 16.0. The number of rotatable bonds is 6. The molecule has 0 spiro atoms. The van der Waals surface area contributed by atoms with Crippen LogP contribution in [0.15, 0.2) is 53.6 Å². The van der Waals surface area contributed by atoms with Gasteiger partial charge in [-0.1, -0.05) is 30.7 Å². The van der Waals surface area contributed by atoms with E-state index < -0.39 is 10.0 Å². The van der Waals surface area contributed by atoms with Gasteiger partial charge in [0.2, 0.25) is 15.9 Å². The number of hydrogen-bond acceptors (Lipinski definition) is 3. The fraction of sp³-hybridized carbons (Fsp3) is 0.348. The number of piperidine rings is 1. The topological polar surface area (TPSA) is 82.3 Å². The van der Waals surface area contributed by atoms with Crippen LogP contribution >= 0.6 is 0 Å². The summed E-state index contributed by atoms with van der Waals surface area (Å²) in [6, 6.07) is 13.0. The van der Waals surface area contributed by atoms with E-state index in [1.165, 1.54) is 0 Å². The first kappa shape index (κ1) is 20.6. The molecule has 0 aliphatic carbocycles. The van der Waals surface area contributed by atoms with Crippen molar-refractivity contribution in [3.05, 3.63) is 59.8 Å². The molecule has 0 atom stereocenters. The van der Waals surface area contributed by atoms with E-state index in [2.05, 4.69) is 10.3 Å². The van der Waals surface area contributed by atoms with Gasteiger partial charge in [0.1, 0.15) is 0 Å². The fourth-order valence-corrected chi connectivity index (χ4v) is 5.49. The fourth-order valence-electron chi connectivity index (χ4n) is 3.95. The minimum atomic E-state index is -3.53. The molecule has 2 N–H and O–H groups in total. The van der Waals surface area contributed by atoms with Gasteiger partial charge in [-0.3, -0.25) is 4.79 Å². The van der Waals surface area contributed by atoms with Crippen molar-refractivity contribution in [2.75, 3.05) is 18.4 Å². The van der Waals surface area contributed by atoms with Crippen molar-refractivity contribution in [1.29, 1.82) is 0 Å². The third-order valence-electron chi connectivity index (χ3n) is 5.73. The molecule has 30 heavy (non-hydrogen) atoms. The van der Waals surface area contributed by atoms with Gasteiger partial charge in [-0.2, -0.15) is 4.31 Å². The lowest BCUT2D eigenvalue weighted by molar-refractivity contribution is -0.116. The number of anilines is 1. The summed E-state index contributed by atoms with van der Waals surface area (Å²) in [6.45, 7) is 2.98. The Bertz CT molecular complexity index is 1160. The zero-order chi connectivity index (χ0) is 21.1. The molecule has 6 nitrogen and oxygen atoms in total. The van der Waals surface area contributed by atoms with Crippen LogP contribution in [0.3, 0.4) is 0 Å². The lowest BCUT2D eigenvalue weighted by Gasteiger charge is -2.26. The van der Waals surface area contributed by atoms with E-state index in [-0.39, 0.29) is 10.8 Å². The molecule has 1 aliphatic heterocycles. The van der Waals surface area contributed by atoms with Crippen LogP contribution in [0.5, 0.6) is 0 Å². The number of para-hydroxylation sites is 1. The molecule has 4 rings (SSSR count). The molecule has 1 saturated heterocycles. The average Bonchev–Trinajstić information content (AvgIpc) is 3.17. The van der Waals surface area contributed by atoms with Gasteiger partial charge in [0.05, 0.1) is 4.90 Å². The molecule has 0 radical (unpaired) electrons. The average molecular weight is 426 g/mol. The smallest absolute Gasteiger partial charge is 0.243 e. The van der Waals surface area contributed by atoms with E-state index in [4.69, 9.17) is 0 Å². The molecule has 7 heteroatoms. The first-order valence-corrected chi connectivity index (χ1v) is 11.8. The summed E-state index contributed by atoms with van der Waals surface area (Å²) >= 11 is 0. The van der Waals surface area contributed by atoms with Gasteiger partial charge < -0.3 is 10.3 Å². The molecular formula is C23H27N3O3S. The Hall–Kier alpha value is -2.64. The highest BCUT2D eigenvalue weighted by Gasteiger charge is 2.26. The van der Waals surface area contributed by atoms with Gasteiger partial charge in [0, 0.05) is 42.3 Å². The van der Waals surface area contributed by atoms with E-state index in [9.17, 15) is 13.2 Å². The normalized spacial score (nSPS) is 15.4. The van der Waals surface area contributed by atoms with Crippen molar-refractivity contribution in [3.8, 4) is 0 Å². The summed E-state index contributed by atoms with van der Waals surface area (Å²) in [7, 11) is -3.53. The number of aryl methyl sites for hydroxylation is 2. The second kappa shape index (κ2) is 8.62. The molecule has 1 fully saturated rings. The van der Waals surface area contributed by atoms with E-state index >= 15 is 0 Å². The van der Waals surface area contributed by atoms with E-state index in [0.29, 0.717) is 31.6 Å². The Kier molecular flexibility index (Phi) is 5.92. The molecule has 1 aromatic heterocycles. The molecule has 2 heterocycles. The number of H-pyrrole nitrogens is 1. The first-order chi connectivity index (χ1) is 14.4. The Morgan fingerprint density at radius 2 is 1.87 bits per heavy atom. The SMILES string of the molecule is Cc1ccc(S(=O)(=O)N2CCCCC2)cc1NC(=O)CCc1c[nH]c2ccccc12. The third kappa shape index (κ3) is 4.27. The molecule has 158 valence electrons. The Morgan fingerprint density at radius 1 is 1.10 bits per heavy atom. The van der Waals surface area contributed by atoms with Crippen LogP contribution < -0.4 is 5.32 Å². The van der Waals surface area contributed by atoms with Gasteiger partial charge in [-0.15, -0.1) is 0 Å². The number of fused-ring (bicyclic) bond motifs is 1. The van der Waals surface area contributed by atoms with Crippen LogP contribution in [0.1, 0.15) is 36.8 Å². The number of aromatic amines is 1. The predicted octanol–water partition coefficient (Wildman–Crippen LogP) is 4.22. The number of carbonyl (C=O) groups is 1. The number of hydrogen-bond donors (Lipinski definition) is 2. The Labute approximate surface area is 177 Å². The quantitative estimate of drug-likeness (QED) is 0.620. The van der Waals surface area contributed by atoms with Crippen molar-refractivity contribution in [2.24, 2.45) is 0 Å². The largest absolute Gasteiger partial charge is 0.361 e. The van der Waals surface area contributed by atoms with Gasteiger partial charge >= 0.3 is 0 Å². The van der Waals surface area contributed by atoms with Crippen LogP contribution in [0.25, 0.3) is 10.9 Å². The zero-order valence-electron chi connectivity index (χ0n) is 17.1. The molecule has 3 aromatic rings. The molecule has 1 aliphatic rings. The summed E-state index contributed by atoms with van der Waals surface area (Å²) in [6.07, 6.45) is 5.72. The standard InChI is InChI=1S/C23H27N3O3S/c1-17-9-11-19(30(28,29)26-13-5-2-6-14-26)15-22(17)25-23(27)12-10-18-16-24-21-8-4-3-7-20(18)21/h3-4,7-9,11,15-16,24H,2,5-6,10,12-14H2,1H3,(H,25,27). The molecule has 0 unspecified atom stereocenters. The summed E-state index contributed by atoms with van der Waals surface area (Å²) < 4.78 is 27.4. The molecule has 2 aromatic carbocycles. The number of amides is 1. The Morgan fingerprint density at radius 3 is 2.67 bits per heavy atom. The molecular weight excluding hydrogens is 398 g/mol. The summed E-state index contributed by atoms with van der Waals surface area (Å²) in [5.41, 5.74) is 3.54. The maximum absolute atomic E-state index is 13.0. The number of benzene rings is 2. The van der Waals surface area contributed by atoms with Crippen LogP contribution in [0, 0.1) is 6.92 Å². The highest BCUT2D eigenvalue weighted by atomic mass is 32.2. The van der Waals surface area contributed by atoms with E-state index in [0.717, 1.165) is 41.3 Å². The predicted molar refractivity (Wildman–Crippen MR) is 119 cm³/mol. The second-order valence-electron chi connectivity index (χ2n) is 7.85. The van der Waals surface area contributed by atoms with E-state index in [1.54, 1.807) is 22.5 Å². The van der Waals surface area contributed by atoms with Gasteiger partial charge in [0.15, 0.2) is 0 Å². The number of carbonyl (C=O) groups excluding carboxylic acids is 1. The number of sulfonamides is 1.